The summed E-state index contributed by atoms with van der Waals surface area (Å²) in [5, 5.41) is 18.6. The molecule has 1 heterocycles. The second-order valence-corrected chi connectivity index (χ2v) is 4.36. The van der Waals surface area contributed by atoms with Gasteiger partial charge < -0.3 is 14.8 Å². The van der Waals surface area contributed by atoms with Crippen molar-refractivity contribution in [3.63, 3.8) is 0 Å². The van der Waals surface area contributed by atoms with Crippen molar-refractivity contribution in [2.75, 3.05) is 0 Å². The zero-order chi connectivity index (χ0) is 15.0. The van der Waals surface area contributed by atoms with Crippen molar-refractivity contribution in [2.45, 2.75) is 6.92 Å². The van der Waals surface area contributed by atoms with E-state index in [4.69, 9.17) is 0 Å². The highest BCUT2D eigenvalue weighted by Gasteiger charge is 2.27. The van der Waals surface area contributed by atoms with E-state index >= 15 is 0 Å². The van der Waals surface area contributed by atoms with Gasteiger partial charge in [-0.1, -0.05) is 12.1 Å². The maximum Gasteiger partial charge on any atom is 0.353 e. The van der Waals surface area contributed by atoms with Crippen LogP contribution in [-0.4, -0.2) is 26.7 Å². The Labute approximate surface area is 113 Å². The van der Waals surface area contributed by atoms with Gasteiger partial charge in [0.1, 0.15) is 11.5 Å². The van der Waals surface area contributed by atoms with E-state index in [1.54, 1.807) is 0 Å². The normalized spacial score (nSPS) is 10.6. The molecular weight excluding hydrogens is 265 g/mol. The average molecular weight is 277 g/mol. The number of benzene rings is 1. The number of carboxylic acids is 2. The van der Waals surface area contributed by atoms with Crippen LogP contribution in [0.5, 0.6) is 0 Å². The molecule has 1 aromatic heterocycles. The summed E-state index contributed by atoms with van der Waals surface area (Å²) < 4.78 is 14.3. The third kappa shape index (κ3) is 2.05. The molecule has 2 aromatic rings. The number of hydrogen-bond donors (Lipinski definition) is 2. The standard InChI is InChI=1S/C14H12FNO4/c1-7-10(13(17)18)11(12(14(19)20)16(7)2)8-3-5-9(15)6-4-8/h3-6H,1-2H3,(H,17,18)(H,19,20). The minimum atomic E-state index is -1.23. The molecule has 0 aliphatic rings. The minimum absolute atomic E-state index is 0.0866. The Morgan fingerprint density at radius 2 is 1.65 bits per heavy atom. The molecule has 0 bridgehead atoms. The van der Waals surface area contributed by atoms with Crippen molar-refractivity contribution < 1.29 is 24.2 Å². The first kappa shape index (κ1) is 13.8. The van der Waals surface area contributed by atoms with Gasteiger partial charge in [-0.2, -0.15) is 0 Å². The molecular formula is C14H12FNO4. The Bertz CT molecular complexity index is 663. The average Bonchev–Trinajstić information content (AvgIpc) is 2.63. The molecule has 0 radical (unpaired) electrons. The van der Waals surface area contributed by atoms with Crippen molar-refractivity contribution in [3.05, 3.63) is 47.0 Å². The molecule has 20 heavy (non-hydrogen) atoms. The Kier molecular flexibility index (Phi) is 3.31. The van der Waals surface area contributed by atoms with Gasteiger partial charge in [-0.25, -0.2) is 14.0 Å². The maximum atomic E-state index is 13.0. The molecule has 2 rings (SSSR count). The zero-order valence-electron chi connectivity index (χ0n) is 10.8. The third-order valence-electron chi connectivity index (χ3n) is 3.24. The quantitative estimate of drug-likeness (QED) is 0.903. The van der Waals surface area contributed by atoms with E-state index in [1.807, 2.05) is 0 Å². The second kappa shape index (κ2) is 4.80. The van der Waals surface area contributed by atoms with E-state index in [-0.39, 0.29) is 16.8 Å². The number of nitrogens with zero attached hydrogens (tertiary/aromatic N) is 1. The lowest BCUT2D eigenvalue weighted by atomic mass is 10.00. The molecule has 0 spiro atoms. The lowest BCUT2D eigenvalue weighted by Crippen LogP contribution is -2.06. The predicted octanol–water partition coefficient (Wildman–Crippen LogP) is 2.54. The number of rotatable bonds is 3. The van der Waals surface area contributed by atoms with Crippen LogP contribution in [0.25, 0.3) is 11.1 Å². The van der Waals surface area contributed by atoms with Crippen molar-refractivity contribution in [3.8, 4) is 11.1 Å². The van der Waals surface area contributed by atoms with Crippen LogP contribution >= 0.6 is 0 Å². The first-order chi connectivity index (χ1) is 9.34. The summed E-state index contributed by atoms with van der Waals surface area (Å²) in [4.78, 5) is 22.8. The molecule has 0 aliphatic heterocycles. The largest absolute Gasteiger partial charge is 0.478 e. The van der Waals surface area contributed by atoms with Gasteiger partial charge in [-0.15, -0.1) is 0 Å². The number of halogens is 1. The zero-order valence-corrected chi connectivity index (χ0v) is 10.8. The lowest BCUT2D eigenvalue weighted by Gasteiger charge is -2.04. The summed E-state index contributed by atoms with van der Waals surface area (Å²) >= 11 is 0. The summed E-state index contributed by atoms with van der Waals surface area (Å²) in [6.45, 7) is 1.53. The number of carboxylic acid groups (broad SMARTS) is 2. The Morgan fingerprint density at radius 3 is 2.10 bits per heavy atom. The molecule has 1 aromatic carbocycles. The summed E-state index contributed by atoms with van der Waals surface area (Å²) in [7, 11) is 1.48. The van der Waals surface area contributed by atoms with Crippen LogP contribution in [0, 0.1) is 12.7 Å². The van der Waals surface area contributed by atoms with Crippen molar-refractivity contribution in [1.82, 2.24) is 4.57 Å². The Hall–Kier alpha value is -2.63. The van der Waals surface area contributed by atoms with Crippen LogP contribution in [0.3, 0.4) is 0 Å². The molecule has 0 atom stereocenters. The van der Waals surface area contributed by atoms with E-state index in [9.17, 15) is 24.2 Å². The van der Waals surface area contributed by atoms with Crippen molar-refractivity contribution in [2.24, 2.45) is 7.05 Å². The highest BCUT2D eigenvalue weighted by atomic mass is 19.1. The predicted molar refractivity (Wildman–Crippen MR) is 69.5 cm³/mol. The fourth-order valence-corrected chi connectivity index (χ4v) is 2.21. The summed E-state index contributed by atoms with van der Waals surface area (Å²) in [5.41, 5.74) is 0.548. The molecule has 6 heteroatoms. The van der Waals surface area contributed by atoms with E-state index in [0.717, 1.165) is 12.1 Å². The van der Waals surface area contributed by atoms with Crippen LogP contribution in [-0.2, 0) is 7.05 Å². The molecule has 2 N–H and O–H groups in total. The van der Waals surface area contributed by atoms with E-state index < -0.39 is 17.8 Å². The van der Waals surface area contributed by atoms with Crippen LogP contribution in [0.4, 0.5) is 4.39 Å². The SMILES string of the molecule is Cc1c(C(=O)O)c(-c2ccc(F)cc2)c(C(=O)O)n1C. The van der Waals surface area contributed by atoms with Crippen LogP contribution in [0.15, 0.2) is 24.3 Å². The van der Waals surface area contributed by atoms with Gasteiger partial charge in [-0.05, 0) is 24.6 Å². The van der Waals surface area contributed by atoms with Crippen LogP contribution in [0.2, 0.25) is 0 Å². The Balaban J connectivity index is 2.85. The van der Waals surface area contributed by atoms with Gasteiger partial charge in [-0.3, -0.25) is 0 Å². The monoisotopic (exact) mass is 277 g/mol. The van der Waals surface area contributed by atoms with Gasteiger partial charge in [0, 0.05) is 18.3 Å². The third-order valence-corrected chi connectivity index (χ3v) is 3.24. The van der Waals surface area contributed by atoms with Crippen molar-refractivity contribution in [1.29, 1.82) is 0 Å². The van der Waals surface area contributed by atoms with E-state index in [1.165, 1.54) is 30.7 Å². The van der Waals surface area contributed by atoms with Gasteiger partial charge in [0.25, 0.3) is 0 Å². The highest BCUT2D eigenvalue weighted by molar-refractivity contribution is 6.05. The summed E-state index contributed by atoms with van der Waals surface area (Å²) in [6.07, 6.45) is 0. The molecule has 0 unspecified atom stereocenters. The van der Waals surface area contributed by atoms with Crippen molar-refractivity contribution >= 4 is 11.9 Å². The minimum Gasteiger partial charge on any atom is -0.478 e. The van der Waals surface area contributed by atoms with Gasteiger partial charge in [0.05, 0.1) is 5.56 Å². The molecule has 5 nitrogen and oxygen atoms in total. The first-order valence-electron chi connectivity index (χ1n) is 5.76. The molecule has 104 valence electrons. The van der Waals surface area contributed by atoms with Crippen LogP contribution in [0.1, 0.15) is 26.5 Å². The topological polar surface area (TPSA) is 79.5 Å². The molecule has 0 saturated heterocycles. The number of aromatic nitrogens is 1. The molecule has 0 amide bonds. The number of aromatic carboxylic acids is 2. The number of carbonyl (C=O) groups is 2. The van der Waals surface area contributed by atoms with Gasteiger partial charge >= 0.3 is 11.9 Å². The number of hydrogen-bond acceptors (Lipinski definition) is 2. The van der Waals surface area contributed by atoms with E-state index in [2.05, 4.69) is 0 Å². The smallest absolute Gasteiger partial charge is 0.353 e. The summed E-state index contributed by atoms with van der Waals surface area (Å²) in [6, 6.07) is 5.05. The Morgan fingerprint density at radius 1 is 1.10 bits per heavy atom. The molecule has 0 saturated carbocycles. The first-order valence-corrected chi connectivity index (χ1v) is 5.76. The fraction of sp³-hybridized carbons (Fsp3) is 0.143. The van der Waals surface area contributed by atoms with E-state index in [0.29, 0.717) is 11.3 Å². The molecule has 0 fully saturated rings. The van der Waals surface area contributed by atoms with Gasteiger partial charge in [0.15, 0.2) is 0 Å². The fourth-order valence-electron chi connectivity index (χ4n) is 2.21. The van der Waals surface area contributed by atoms with Crippen LogP contribution < -0.4 is 0 Å². The lowest BCUT2D eigenvalue weighted by molar-refractivity contribution is 0.0683. The van der Waals surface area contributed by atoms with Gasteiger partial charge in [0.2, 0.25) is 0 Å². The maximum absolute atomic E-state index is 13.0. The molecule has 0 aliphatic carbocycles. The highest BCUT2D eigenvalue weighted by Crippen LogP contribution is 2.32. The summed E-state index contributed by atoms with van der Waals surface area (Å²) in [5.74, 6) is -2.93. The second-order valence-electron chi connectivity index (χ2n) is 4.36.